The van der Waals surface area contributed by atoms with Gasteiger partial charge in [0.15, 0.2) is 0 Å². The summed E-state index contributed by atoms with van der Waals surface area (Å²) < 4.78 is 0. The minimum atomic E-state index is -0.521. The summed E-state index contributed by atoms with van der Waals surface area (Å²) in [5.74, 6) is -1.04. The van der Waals surface area contributed by atoms with Gasteiger partial charge in [0.2, 0.25) is 11.8 Å². The number of hydrogen-bond donors (Lipinski definition) is 2. The summed E-state index contributed by atoms with van der Waals surface area (Å²) in [6.07, 6.45) is 0. The van der Waals surface area contributed by atoms with E-state index in [-0.39, 0.29) is 0 Å². The average molecular weight is 316 g/mol. The van der Waals surface area contributed by atoms with Gasteiger partial charge in [0.1, 0.15) is 0 Å². The van der Waals surface area contributed by atoms with Crippen molar-refractivity contribution in [2.24, 2.45) is 11.5 Å². The van der Waals surface area contributed by atoms with E-state index in [0.29, 0.717) is 16.7 Å². The predicted molar refractivity (Wildman–Crippen MR) is 94.3 cm³/mol. The highest BCUT2D eigenvalue weighted by Gasteiger charge is 2.16. The predicted octanol–water partition coefficient (Wildman–Crippen LogP) is 3.22. The first-order chi connectivity index (χ1) is 11.6. The Hall–Kier alpha value is -3.40. The van der Waals surface area contributed by atoms with Gasteiger partial charge in [-0.05, 0) is 34.9 Å². The number of carbonyl (C=O) groups is 2. The summed E-state index contributed by atoms with van der Waals surface area (Å²) in [7, 11) is 0. The van der Waals surface area contributed by atoms with Crippen molar-refractivity contribution in [3.05, 3.63) is 83.9 Å². The fourth-order valence-electron chi connectivity index (χ4n) is 2.75. The van der Waals surface area contributed by atoms with Gasteiger partial charge in [0.25, 0.3) is 0 Å². The molecule has 0 fully saturated rings. The van der Waals surface area contributed by atoms with Gasteiger partial charge >= 0.3 is 0 Å². The molecule has 0 atom stereocenters. The summed E-state index contributed by atoms with van der Waals surface area (Å²) >= 11 is 0. The molecule has 0 aliphatic rings. The van der Waals surface area contributed by atoms with E-state index < -0.39 is 11.8 Å². The topological polar surface area (TPSA) is 86.2 Å². The lowest BCUT2D eigenvalue weighted by molar-refractivity contribution is 0.0992. The molecule has 3 aromatic rings. The van der Waals surface area contributed by atoms with Gasteiger partial charge < -0.3 is 11.5 Å². The number of amides is 2. The zero-order chi connectivity index (χ0) is 17.1. The number of benzene rings is 3. The molecule has 0 unspecified atom stereocenters. The van der Waals surface area contributed by atoms with Crippen LogP contribution in [0.3, 0.4) is 0 Å². The molecule has 0 saturated heterocycles. The Bertz CT molecular complexity index is 918. The third-order valence-corrected chi connectivity index (χ3v) is 3.85. The first-order valence-electron chi connectivity index (χ1n) is 7.46. The quantitative estimate of drug-likeness (QED) is 0.774. The van der Waals surface area contributed by atoms with E-state index in [9.17, 15) is 9.59 Å². The van der Waals surface area contributed by atoms with Gasteiger partial charge in [-0.1, -0.05) is 54.6 Å². The van der Waals surface area contributed by atoms with E-state index in [4.69, 9.17) is 11.5 Å². The summed E-state index contributed by atoms with van der Waals surface area (Å²) in [6.45, 7) is 0. The lowest BCUT2D eigenvalue weighted by Gasteiger charge is -2.14. The third kappa shape index (κ3) is 2.90. The zero-order valence-corrected chi connectivity index (χ0v) is 12.9. The Kier molecular flexibility index (Phi) is 4.12. The Morgan fingerprint density at radius 2 is 1.33 bits per heavy atom. The summed E-state index contributed by atoms with van der Waals surface area (Å²) in [6, 6.07) is 22.0. The van der Waals surface area contributed by atoms with Crippen molar-refractivity contribution < 1.29 is 9.59 Å². The van der Waals surface area contributed by atoms with Crippen LogP contribution in [-0.2, 0) is 0 Å². The fourth-order valence-corrected chi connectivity index (χ4v) is 2.75. The maximum atomic E-state index is 11.9. The second-order valence-electron chi connectivity index (χ2n) is 5.40. The molecule has 0 aromatic heterocycles. The smallest absolute Gasteiger partial charge is 0.249 e. The van der Waals surface area contributed by atoms with Crippen LogP contribution in [0.25, 0.3) is 22.3 Å². The van der Waals surface area contributed by atoms with Crippen LogP contribution in [0.2, 0.25) is 0 Å². The monoisotopic (exact) mass is 316 g/mol. The van der Waals surface area contributed by atoms with Crippen LogP contribution in [0.5, 0.6) is 0 Å². The molecule has 2 amide bonds. The minimum absolute atomic E-state index is 0.380. The molecule has 3 rings (SSSR count). The Balaban J connectivity index is 2.31. The van der Waals surface area contributed by atoms with E-state index in [1.165, 1.54) is 0 Å². The fraction of sp³-hybridized carbons (Fsp3) is 0. The molecule has 4 N–H and O–H groups in total. The Morgan fingerprint density at radius 3 is 2.00 bits per heavy atom. The first kappa shape index (κ1) is 15.5. The number of hydrogen-bond acceptors (Lipinski definition) is 2. The number of rotatable bonds is 4. The molecule has 0 heterocycles. The van der Waals surface area contributed by atoms with Crippen LogP contribution in [0.4, 0.5) is 0 Å². The summed E-state index contributed by atoms with van der Waals surface area (Å²) in [5, 5.41) is 0. The number of carbonyl (C=O) groups excluding carboxylic acids is 2. The molecule has 0 aliphatic heterocycles. The van der Waals surface area contributed by atoms with Crippen molar-refractivity contribution in [2.45, 2.75) is 0 Å². The summed E-state index contributed by atoms with van der Waals surface area (Å²) in [5.41, 5.74) is 15.0. The van der Waals surface area contributed by atoms with Crippen LogP contribution < -0.4 is 11.5 Å². The van der Waals surface area contributed by atoms with E-state index >= 15 is 0 Å². The molecular weight excluding hydrogens is 300 g/mol. The molecule has 0 spiro atoms. The van der Waals surface area contributed by atoms with Gasteiger partial charge in [-0.15, -0.1) is 0 Å². The highest BCUT2D eigenvalue weighted by atomic mass is 16.1. The average Bonchev–Trinajstić information content (AvgIpc) is 2.62. The molecular formula is C20H16N2O2. The van der Waals surface area contributed by atoms with Crippen LogP contribution in [0.15, 0.2) is 72.8 Å². The van der Waals surface area contributed by atoms with Gasteiger partial charge in [-0.3, -0.25) is 9.59 Å². The lowest BCUT2D eigenvalue weighted by Crippen LogP contribution is -2.13. The number of nitrogens with two attached hydrogens (primary N) is 2. The number of primary amides is 2. The molecule has 0 saturated carbocycles. The molecule has 4 nitrogen and oxygen atoms in total. The summed E-state index contributed by atoms with van der Waals surface area (Å²) in [4.78, 5) is 23.4. The molecule has 3 aromatic carbocycles. The second-order valence-corrected chi connectivity index (χ2v) is 5.40. The molecule has 24 heavy (non-hydrogen) atoms. The van der Waals surface area contributed by atoms with E-state index in [0.717, 1.165) is 16.7 Å². The van der Waals surface area contributed by atoms with Crippen molar-refractivity contribution >= 4 is 11.8 Å². The lowest BCUT2D eigenvalue weighted by atomic mass is 9.89. The van der Waals surface area contributed by atoms with Gasteiger partial charge in [0.05, 0.1) is 0 Å². The van der Waals surface area contributed by atoms with Crippen molar-refractivity contribution in [3.63, 3.8) is 0 Å². The minimum Gasteiger partial charge on any atom is -0.366 e. The van der Waals surface area contributed by atoms with Gasteiger partial charge in [-0.2, -0.15) is 0 Å². The van der Waals surface area contributed by atoms with E-state index in [1.54, 1.807) is 30.3 Å². The van der Waals surface area contributed by atoms with Crippen molar-refractivity contribution in [1.82, 2.24) is 0 Å². The molecule has 0 bridgehead atoms. The van der Waals surface area contributed by atoms with Crippen molar-refractivity contribution in [1.29, 1.82) is 0 Å². The van der Waals surface area contributed by atoms with Crippen LogP contribution in [0.1, 0.15) is 20.7 Å². The molecule has 0 aliphatic carbocycles. The van der Waals surface area contributed by atoms with Gasteiger partial charge in [0, 0.05) is 16.7 Å². The van der Waals surface area contributed by atoms with Crippen LogP contribution in [0, 0.1) is 0 Å². The van der Waals surface area contributed by atoms with E-state index in [2.05, 4.69) is 0 Å². The van der Waals surface area contributed by atoms with Crippen molar-refractivity contribution in [3.8, 4) is 22.3 Å². The Labute approximate surface area is 139 Å². The second kappa shape index (κ2) is 6.38. The SMILES string of the molecule is NC(=O)c1cccc(-c2c(C(N)=O)cccc2-c2ccccc2)c1. The first-order valence-corrected chi connectivity index (χ1v) is 7.46. The van der Waals surface area contributed by atoms with Crippen LogP contribution in [-0.4, -0.2) is 11.8 Å². The Morgan fingerprint density at radius 1 is 0.667 bits per heavy atom. The van der Waals surface area contributed by atoms with E-state index in [1.807, 2.05) is 42.5 Å². The normalized spacial score (nSPS) is 10.3. The zero-order valence-electron chi connectivity index (χ0n) is 12.9. The largest absolute Gasteiger partial charge is 0.366 e. The highest BCUT2D eigenvalue weighted by molar-refractivity contribution is 6.05. The third-order valence-electron chi connectivity index (χ3n) is 3.85. The standard InChI is InChI=1S/C20H16N2O2/c21-19(23)15-9-4-8-14(12-15)18-16(13-6-2-1-3-7-13)10-5-11-17(18)20(22)24/h1-12H,(H2,21,23)(H2,22,24). The van der Waals surface area contributed by atoms with Crippen molar-refractivity contribution in [2.75, 3.05) is 0 Å². The van der Waals surface area contributed by atoms with Gasteiger partial charge in [-0.25, -0.2) is 0 Å². The molecule has 118 valence electrons. The molecule has 4 heteroatoms. The maximum absolute atomic E-state index is 11.9. The van der Waals surface area contributed by atoms with Crippen LogP contribution >= 0.6 is 0 Å². The molecule has 0 radical (unpaired) electrons. The maximum Gasteiger partial charge on any atom is 0.249 e. The highest BCUT2D eigenvalue weighted by Crippen LogP contribution is 2.35.